The fourth-order valence-corrected chi connectivity index (χ4v) is 5.11. The van der Waals surface area contributed by atoms with Crippen LogP contribution >= 0.6 is 11.8 Å². The van der Waals surface area contributed by atoms with E-state index in [4.69, 9.17) is 4.74 Å². The molecule has 162 valence electrons. The number of ether oxygens (including phenoxy) is 1. The van der Waals surface area contributed by atoms with E-state index in [2.05, 4.69) is 17.2 Å². The largest absolute Gasteiger partial charge is 0.497 e. The predicted octanol–water partition coefficient (Wildman–Crippen LogP) is 4.97. The van der Waals surface area contributed by atoms with Gasteiger partial charge in [-0.3, -0.25) is 14.9 Å². The van der Waals surface area contributed by atoms with Crippen LogP contribution in [-0.4, -0.2) is 46.2 Å². The highest BCUT2D eigenvalue weighted by molar-refractivity contribution is 8.00. The first kappa shape index (κ1) is 21.2. The highest BCUT2D eigenvalue weighted by Gasteiger charge is 2.28. The molecule has 3 aromatic rings. The molecule has 0 radical (unpaired) electrons. The molecule has 1 aliphatic heterocycles. The van der Waals surface area contributed by atoms with Gasteiger partial charge < -0.3 is 14.6 Å². The molecule has 0 spiro atoms. The van der Waals surface area contributed by atoms with E-state index < -0.39 is 4.92 Å². The lowest BCUT2D eigenvalue weighted by molar-refractivity contribution is -0.384. The molecule has 1 N–H and O–H groups in total. The second kappa shape index (κ2) is 9.01. The summed E-state index contributed by atoms with van der Waals surface area (Å²) in [5.41, 5.74) is 2.44. The number of carbonyl (C=O) groups is 1. The van der Waals surface area contributed by atoms with E-state index in [1.54, 1.807) is 19.2 Å². The Kier molecular flexibility index (Phi) is 6.18. The lowest BCUT2D eigenvalue weighted by Gasteiger charge is -2.33. The zero-order valence-corrected chi connectivity index (χ0v) is 18.4. The molecule has 1 aliphatic rings. The molecule has 2 aromatic carbocycles. The first-order valence-electron chi connectivity index (χ1n) is 10.3. The number of hydrogen-bond acceptors (Lipinski definition) is 5. The van der Waals surface area contributed by atoms with E-state index in [0.717, 1.165) is 42.1 Å². The van der Waals surface area contributed by atoms with Crippen molar-refractivity contribution in [1.82, 2.24) is 9.88 Å². The first-order valence-corrected chi connectivity index (χ1v) is 11.2. The predicted molar refractivity (Wildman–Crippen MR) is 122 cm³/mol. The number of rotatable bonds is 6. The third kappa shape index (κ3) is 4.54. The van der Waals surface area contributed by atoms with Gasteiger partial charge in [-0.25, -0.2) is 0 Å². The number of nitro benzene ring substituents is 1. The normalized spacial score (nSPS) is 15.7. The van der Waals surface area contributed by atoms with E-state index >= 15 is 0 Å². The van der Waals surface area contributed by atoms with Crippen LogP contribution < -0.4 is 4.74 Å². The smallest absolute Gasteiger partial charge is 0.269 e. The average Bonchev–Trinajstić information content (AvgIpc) is 3.22. The van der Waals surface area contributed by atoms with Gasteiger partial charge in [-0.1, -0.05) is 0 Å². The number of amides is 1. The number of piperidine rings is 1. The van der Waals surface area contributed by atoms with Crippen LogP contribution in [0.4, 0.5) is 5.69 Å². The number of hydrogen-bond donors (Lipinski definition) is 1. The van der Waals surface area contributed by atoms with Crippen molar-refractivity contribution < 1.29 is 14.5 Å². The van der Waals surface area contributed by atoms with E-state index in [9.17, 15) is 14.9 Å². The number of benzene rings is 2. The summed E-state index contributed by atoms with van der Waals surface area (Å²) in [5.74, 6) is 1.36. The van der Waals surface area contributed by atoms with Crippen molar-refractivity contribution >= 4 is 34.3 Å². The molecule has 4 rings (SSSR count). The number of fused-ring (bicyclic) bond motifs is 1. The summed E-state index contributed by atoms with van der Waals surface area (Å²) >= 11 is 1.44. The quantitative estimate of drug-likeness (QED) is 0.333. The maximum Gasteiger partial charge on any atom is 0.269 e. The third-order valence-corrected chi connectivity index (χ3v) is 6.98. The van der Waals surface area contributed by atoms with Crippen molar-refractivity contribution in [1.29, 1.82) is 0 Å². The summed E-state index contributed by atoms with van der Waals surface area (Å²) in [5, 5.41) is 11.7. The van der Waals surface area contributed by atoms with Crippen LogP contribution in [0.15, 0.2) is 53.6 Å². The van der Waals surface area contributed by atoms with Crippen molar-refractivity contribution in [2.45, 2.75) is 35.8 Å². The van der Waals surface area contributed by atoms with Crippen LogP contribution in [0.5, 0.6) is 5.75 Å². The minimum atomic E-state index is -0.420. The minimum Gasteiger partial charge on any atom is -0.497 e. The lowest BCUT2D eigenvalue weighted by atomic mass is 9.89. The van der Waals surface area contributed by atoms with Crippen LogP contribution in [0.1, 0.15) is 31.2 Å². The van der Waals surface area contributed by atoms with E-state index in [1.807, 2.05) is 24.0 Å². The third-order valence-electron chi connectivity index (χ3n) is 5.88. The van der Waals surface area contributed by atoms with Crippen molar-refractivity contribution in [3.8, 4) is 5.75 Å². The summed E-state index contributed by atoms with van der Waals surface area (Å²) in [6, 6.07) is 12.4. The SMILES string of the molecule is COc1ccc2[nH]cc(C3CCN(C(=O)C(C)Sc4ccc([N+](=O)[O-])cc4)CC3)c2c1. The Morgan fingerprint density at radius 3 is 2.58 bits per heavy atom. The van der Waals surface area contributed by atoms with Crippen LogP contribution in [0, 0.1) is 10.1 Å². The molecule has 1 aromatic heterocycles. The van der Waals surface area contributed by atoms with Gasteiger partial charge in [0.25, 0.3) is 5.69 Å². The number of carbonyl (C=O) groups excluding carboxylic acids is 1. The van der Waals surface area contributed by atoms with Crippen molar-refractivity contribution in [3.63, 3.8) is 0 Å². The van der Waals surface area contributed by atoms with Gasteiger partial charge in [0.2, 0.25) is 5.91 Å². The molecule has 1 unspecified atom stereocenters. The number of likely N-dealkylation sites (tertiary alicyclic amines) is 1. The Hall–Kier alpha value is -3.00. The summed E-state index contributed by atoms with van der Waals surface area (Å²) in [6.07, 6.45) is 3.93. The van der Waals surface area contributed by atoms with E-state index in [1.165, 1.54) is 34.8 Å². The van der Waals surface area contributed by atoms with E-state index in [0.29, 0.717) is 5.92 Å². The number of nitrogens with one attached hydrogen (secondary N) is 1. The molecule has 7 nitrogen and oxygen atoms in total. The van der Waals surface area contributed by atoms with Gasteiger partial charge in [0.1, 0.15) is 5.75 Å². The fourth-order valence-electron chi connectivity index (χ4n) is 4.15. The van der Waals surface area contributed by atoms with Crippen LogP contribution in [0.2, 0.25) is 0 Å². The zero-order chi connectivity index (χ0) is 22.0. The monoisotopic (exact) mass is 439 g/mol. The second-order valence-electron chi connectivity index (χ2n) is 7.77. The Bertz CT molecular complexity index is 1090. The molecule has 1 saturated heterocycles. The van der Waals surface area contributed by atoms with Crippen molar-refractivity contribution in [2.24, 2.45) is 0 Å². The molecule has 1 amide bonds. The highest BCUT2D eigenvalue weighted by Crippen LogP contribution is 2.35. The average molecular weight is 440 g/mol. The standard InChI is InChI=1S/C23H25N3O4S/c1-15(31-19-6-3-17(4-7-19)26(28)29)23(27)25-11-9-16(10-12-25)21-14-24-22-8-5-18(30-2)13-20(21)22/h3-8,13-16,24H,9-12H2,1-2H3. The van der Waals surface area contributed by atoms with Gasteiger partial charge >= 0.3 is 0 Å². The lowest BCUT2D eigenvalue weighted by Crippen LogP contribution is -2.41. The van der Waals surface area contributed by atoms with Gasteiger partial charge in [-0.15, -0.1) is 11.8 Å². The Morgan fingerprint density at radius 2 is 1.94 bits per heavy atom. The first-order chi connectivity index (χ1) is 15.0. The van der Waals surface area contributed by atoms with Gasteiger partial charge in [-0.2, -0.15) is 0 Å². The maximum absolute atomic E-state index is 12.9. The Balaban J connectivity index is 1.37. The zero-order valence-electron chi connectivity index (χ0n) is 17.5. The molecular formula is C23H25N3O4S. The number of H-pyrrole nitrogens is 1. The fraction of sp³-hybridized carbons (Fsp3) is 0.348. The molecule has 0 saturated carbocycles. The molecule has 1 atom stereocenters. The summed E-state index contributed by atoms with van der Waals surface area (Å²) in [7, 11) is 1.67. The number of non-ortho nitro benzene ring substituents is 1. The molecule has 31 heavy (non-hydrogen) atoms. The maximum atomic E-state index is 12.9. The summed E-state index contributed by atoms with van der Waals surface area (Å²) in [4.78, 5) is 29.5. The molecule has 0 aliphatic carbocycles. The number of aromatic amines is 1. The summed E-state index contributed by atoms with van der Waals surface area (Å²) in [6.45, 7) is 3.35. The van der Waals surface area contributed by atoms with Crippen molar-refractivity contribution in [3.05, 3.63) is 64.3 Å². The molecule has 8 heteroatoms. The summed E-state index contributed by atoms with van der Waals surface area (Å²) < 4.78 is 5.37. The van der Waals surface area contributed by atoms with Crippen LogP contribution in [-0.2, 0) is 4.79 Å². The van der Waals surface area contributed by atoms with E-state index in [-0.39, 0.29) is 16.8 Å². The number of aromatic nitrogens is 1. The second-order valence-corrected chi connectivity index (χ2v) is 9.18. The Labute approximate surface area is 184 Å². The van der Waals surface area contributed by atoms with Gasteiger partial charge in [0.15, 0.2) is 0 Å². The Morgan fingerprint density at radius 1 is 1.23 bits per heavy atom. The number of nitrogens with zero attached hydrogens (tertiary/aromatic N) is 2. The number of methoxy groups -OCH3 is 1. The minimum absolute atomic E-state index is 0.0558. The van der Waals surface area contributed by atoms with Gasteiger partial charge in [0.05, 0.1) is 17.3 Å². The molecule has 2 heterocycles. The van der Waals surface area contributed by atoms with Crippen LogP contribution in [0.3, 0.4) is 0 Å². The molecule has 1 fully saturated rings. The number of nitro groups is 1. The molecule has 0 bridgehead atoms. The van der Waals surface area contributed by atoms with Crippen LogP contribution in [0.25, 0.3) is 10.9 Å². The van der Waals surface area contributed by atoms with Crippen molar-refractivity contribution in [2.75, 3.05) is 20.2 Å². The van der Waals surface area contributed by atoms with Gasteiger partial charge in [0, 0.05) is 47.2 Å². The topological polar surface area (TPSA) is 88.5 Å². The number of thioether (sulfide) groups is 1. The molecular weight excluding hydrogens is 414 g/mol. The highest BCUT2D eigenvalue weighted by atomic mass is 32.2. The van der Waals surface area contributed by atoms with Gasteiger partial charge in [-0.05, 0) is 61.6 Å².